The van der Waals surface area contributed by atoms with Gasteiger partial charge in [-0.3, -0.25) is 9.59 Å². The molecule has 3 rings (SSSR count). The molecule has 2 fully saturated rings. The lowest BCUT2D eigenvalue weighted by molar-refractivity contribution is -0.148. The fraction of sp³-hybridized carbons (Fsp3) is 0.500. The highest BCUT2D eigenvalue weighted by Gasteiger charge is 2.62. The summed E-state index contributed by atoms with van der Waals surface area (Å²) in [6.45, 7) is 1.16. The molecule has 1 amide bonds. The van der Waals surface area contributed by atoms with E-state index in [1.165, 1.54) is 12.1 Å². The van der Waals surface area contributed by atoms with Crippen LogP contribution in [0.2, 0.25) is 0 Å². The van der Waals surface area contributed by atoms with Crippen molar-refractivity contribution in [3.05, 3.63) is 30.3 Å². The highest BCUT2D eigenvalue weighted by Crippen LogP contribution is 2.46. The number of carboxylic acids is 1. The van der Waals surface area contributed by atoms with E-state index in [2.05, 4.69) is 0 Å². The fourth-order valence-corrected chi connectivity index (χ4v) is 5.73. The molecule has 0 spiro atoms. The number of carbonyl (C=O) groups is 2. The van der Waals surface area contributed by atoms with Gasteiger partial charge in [0.15, 0.2) is 14.6 Å². The Labute approximate surface area is 135 Å². The molecule has 23 heavy (non-hydrogen) atoms. The van der Waals surface area contributed by atoms with Crippen molar-refractivity contribution in [1.82, 2.24) is 4.90 Å². The van der Waals surface area contributed by atoms with Gasteiger partial charge in [0.1, 0.15) is 0 Å². The van der Waals surface area contributed by atoms with Gasteiger partial charge < -0.3 is 10.0 Å². The second-order valence-corrected chi connectivity index (χ2v) is 8.34. The van der Waals surface area contributed by atoms with E-state index in [4.69, 9.17) is 0 Å². The zero-order valence-electron chi connectivity index (χ0n) is 12.6. The summed E-state index contributed by atoms with van der Waals surface area (Å²) in [6.07, 6.45) is 1.57. The van der Waals surface area contributed by atoms with E-state index < -0.39 is 26.5 Å². The van der Waals surface area contributed by atoms with E-state index >= 15 is 0 Å². The second kappa shape index (κ2) is 5.63. The van der Waals surface area contributed by atoms with Crippen LogP contribution in [0.4, 0.5) is 0 Å². The van der Waals surface area contributed by atoms with Gasteiger partial charge in [-0.2, -0.15) is 0 Å². The van der Waals surface area contributed by atoms with Gasteiger partial charge in [0, 0.05) is 13.1 Å². The molecule has 2 aliphatic rings. The van der Waals surface area contributed by atoms with Crippen LogP contribution in [0.5, 0.6) is 0 Å². The summed E-state index contributed by atoms with van der Waals surface area (Å²) >= 11 is 0. The first-order valence-electron chi connectivity index (χ1n) is 7.73. The van der Waals surface area contributed by atoms with Crippen LogP contribution >= 0.6 is 0 Å². The zero-order valence-corrected chi connectivity index (χ0v) is 13.5. The van der Waals surface area contributed by atoms with Crippen LogP contribution in [0.3, 0.4) is 0 Å². The van der Waals surface area contributed by atoms with Crippen molar-refractivity contribution < 1.29 is 23.1 Å². The minimum Gasteiger partial charge on any atom is -0.480 e. The second-order valence-electron chi connectivity index (χ2n) is 6.13. The van der Waals surface area contributed by atoms with Crippen molar-refractivity contribution in [2.24, 2.45) is 5.92 Å². The van der Waals surface area contributed by atoms with E-state index in [0.29, 0.717) is 25.9 Å². The Morgan fingerprint density at radius 1 is 1.13 bits per heavy atom. The van der Waals surface area contributed by atoms with Crippen LogP contribution in [0.25, 0.3) is 0 Å². The van der Waals surface area contributed by atoms with Crippen LogP contribution in [-0.2, 0) is 19.4 Å². The Morgan fingerprint density at radius 2 is 1.78 bits per heavy atom. The van der Waals surface area contributed by atoms with Crippen LogP contribution in [-0.4, -0.2) is 48.1 Å². The summed E-state index contributed by atoms with van der Waals surface area (Å²) in [6, 6.07) is 7.57. The quantitative estimate of drug-likeness (QED) is 0.894. The lowest BCUT2D eigenvalue weighted by Crippen LogP contribution is -2.56. The standard InChI is InChI=1S/C16H19NO5S/c18-14(17-10-5-11-17)13-8-4-9-16(13,15(19)20)23(21,22)12-6-2-1-3-7-12/h1-3,6-7,13H,4-5,8-11H2,(H,19,20)/t13-,16-/m1/s1. The van der Waals surface area contributed by atoms with Gasteiger partial charge in [0.2, 0.25) is 5.91 Å². The van der Waals surface area contributed by atoms with Crippen LogP contribution < -0.4 is 0 Å². The number of likely N-dealkylation sites (tertiary alicyclic amines) is 1. The molecular weight excluding hydrogens is 318 g/mol. The average molecular weight is 337 g/mol. The normalized spacial score (nSPS) is 27.5. The lowest BCUT2D eigenvalue weighted by Gasteiger charge is -2.37. The van der Waals surface area contributed by atoms with Gasteiger partial charge in [-0.05, 0) is 31.4 Å². The number of nitrogens with zero attached hydrogens (tertiary/aromatic N) is 1. The lowest BCUT2D eigenvalue weighted by atomic mass is 9.92. The Bertz CT molecular complexity index is 726. The Balaban J connectivity index is 2.09. The topological polar surface area (TPSA) is 91.7 Å². The first kappa shape index (κ1) is 16.0. The zero-order chi connectivity index (χ0) is 16.7. The summed E-state index contributed by atoms with van der Waals surface area (Å²) in [4.78, 5) is 26.2. The Morgan fingerprint density at radius 3 is 2.30 bits per heavy atom. The molecule has 0 aromatic heterocycles. The third-order valence-electron chi connectivity index (χ3n) is 4.96. The van der Waals surface area contributed by atoms with Gasteiger partial charge in [0.05, 0.1) is 10.8 Å². The van der Waals surface area contributed by atoms with Gasteiger partial charge in [-0.25, -0.2) is 8.42 Å². The summed E-state index contributed by atoms with van der Waals surface area (Å²) in [5, 5.41) is 9.80. The SMILES string of the molecule is O=C([C@H]1CCC[C@@]1(C(=O)O)S(=O)(=O)c1ccccc1)N1CCC1. The minimum atomic E-state index is -4.16. The number of rotatable bonds is 4. The molecule has 0 radical (unpaired) electrons. The molecule has 6 nitrogen and oxygen atoms in total. The molecule has 1 heterocycles. The predicted octanol–water partition coefficient (Wildman–Crippen LogP) is 1.32. The van der Waals surface area contributed by atoms with Crippen molar-refractivity contribution in [2.75, 3.05) is 13.1 Å². The van der Waals surface area contributed by atoms with E-state index in [0.717, 1.165) is 6.42 Å². The highest BCUT2D eigenvalue weighted by atomic mass is 32.2. The minimum absolute atomic E-state index is 0.0240. The molecule has 1 saturated heterocycles. The fourth-order valence-electron chi connectivity index (χ4n) is 3.56. The number of hydrogen-bond acceptors (Lipinski definition) is 4. The summed E-state index contributed by atoms with van der Waals surface area (Å²) in [5.41, 5.74) is 0. The third-order valence-corrected chi connectivity index (χ3v) is 7.48. The van der Waals surface area contributed by atoms with E-state index in [1.54, 1.807) is 23.1 Å². The molecule has 2 atom stereocenters. The molecule has 0 bridgehead atoms. The molecule has 1 aliphatic carbocycles. The van der Waals surface area contributed by atoms with Crippen molar-refractivity contribution in [3.8, 4) is 0 Å². The molecule has 1 saturated carbocycles. The first-order chi connectivity index (χ1) is 10.9. The maximum absolute atomic E-state index is 13.1. The van der Waals surface area contributed by atoms with Crippen molar-refractivity contribution in [3.63, 3.8) is 0 Å². The van der Waals surface area contributed by atoms with Gasteiger partial charge in [0.25, 0.3) is 0 Å². The Kier molecular flexibility index (Phi) is 3.91. The number of carboxylic acid groups (broad SMARTS) is 1. The molecule has 1 N–H and O–H groups in total. The first-order valence-corrected chi connectivity index (χ1v) is 9.21. The molecule has 124 valence electrons. The van der Waals surface area contributed by atoms with E-state index in [1.807, 2.05) is 0 Å². The number of carbonyl (C=O) groups excluding carboxylic acids is 1. The molecule has 1 aromatic rings. The average Bonchev–Trinajstić information content (AvgIpc) is 2.92. The van der Waals surface area contributed by atoms with Crippen molar-refractivity contribution in [1.29, 1.82) is 0 Å². The molecule has 1 aromatic carbocycles. The molecule has 1 aliphatic heterocycles. The monoisotopic (exact) mass is 337 g/mol. The summed E-state index contributed by atoms with van der Waals surface area (Å²) < 4.78 is 24.1. The van der Waals surface area contributed by atoms with Gasteiger partial charge in [-0.15, -0.1) is 0 Å². The largest absolute Gasteiger partial charge is 0.480 e. The number of sulfone groups is 1. The number of amides is 1. The number of aliphatic carboxylic acids is 1. The number of hydrogen-bond donors (Lipinski definition) is 1. The van der Waals surface area contributed by atoms with Crippen LogP contribution in [0.1, 0.15) is 25.7 Å². The molecular formula is C16H19NO5S. The van der Waals surface area contributed by atoms with Crippen molar-refractivity contribution >= 4 is 21.7 Å². The predicted molar refractivity (Wildman–Crippen MR) is 82.5 cm³/mol. The van der Waals surface area contributed by atoms with Gasteiger partial charge in [-0.1, -0.05) is 24.6 Å². The highest BCUT2D eigenvalue weighted by molar-refractivity contribution is 7.93. The summed E-state index contributed by atoms with van der Waals surface area (Å²) in [5.74, 6) is -2.76. The molecule has 7 heteroatoms. The third kappa shape index (κ3) is 2.25. The Hall–Kier alpha value is -1.89. The number of benzene rings is 1. The van der Waals surface area contributed by atoms with E-state index in [-0.39, 0.29) is 17.2 Å². The maximum atomic E-state index is 13.1. The van der Waals surface area contributed by atoms with Crippen LogP contribution in [0.15, 0.2) is 35.2 Å². The van der Waals surface area contributed by atoms with Crippen molar-refractivity contribution in [2.45, 2.75) is 35.3 Å². The van der Waals surface area contributed by atoms with E-state index in [9.17, 15) is 23.1 Å². The van der Waals surface area contributed by atoms with Crippen LogP contribution in [0, 0.1) is 5.92 Å². The summed E-state index contributed by atoms with van der Waals surface area (Å²) in [7, 11) is -4.16. The van der Waals surface area contributed by atoms with Gasteiger partial charge >= 0.3 is 5.97 Å². The molecule has 0 unspecified atom stereocenters. The maximum Gasteiger partial charge on any atom is 0.326 e. The smallest absolute Gasteiger partial charge is 0.326 e.